The second kappa shape index (κ2) is 42.9. The largest absolute Gasteiger partial charge is 0.481 e. The lowest BCUT2D eigenvalue weighted by atomic mass is 10.0. The van der Waals surface area contributed by atoms with Crippen molar-refractivity contribution >= 4 is 47.4 Å². The molecule has 6 amide bonds. The highest BCUT2D eigenvalue weighted by molar-refractivity contribution is 5.98. The molecular formula is C53H99N9O10. The summed E-state index contributed by atoms with van der Waals surface area (Å²) in [5.74, 6) is -6.60. The van der Waals surface area contributed by atoms with Crippen LogP contribution in [0.25, 0.3) is 0 Å². The number of carbonyl (C=O) groups is 7. The zero-order valence-electron chi connectivity index (χ0n) is 44.9. The maximum atomic E-state index is 14.0. The SMILES string of the molecule is CCCCCCCCCCCCCCOCC(NC(=O)CCC[C@@H]1NC(=O)[C@H](CC(=O)O)NC(=O)CNC(=O)[C@H](CCCNC(=N)N)NC(=O)C(C(C)C)NC1=O)OCCCCCCCCCCCCCC. The maximum absolute atomic E-state index is 14.0. The first kappa shape index (κ1) is 65.5. The Morgan fingerprint density at radius 3 is 1.61 bits per heavy atom. The number of hydrogen-bond acceptors (Lipinski definition) is 10. The highest BCUT2D eigenvalue weighted by Crippen LogP contribution is 2.15. The fourth-order valence-corrected chi connectivity index (χ4v) is 8.56. The molecule has 1 aliphatic rings. The molecule has 0 aromatic rings. The topological polar surface area (TPSA) is 292 Å². The number of hydrogen-bond donors (Lipinski definition) is 10. The second-order valence-electron chi connectivity index (χ2n) is 19.9. The molecule has 72 heavy (non-hydrogen) atoms. The van der Waals surface area contributed by atoms with Crippen molar-refractivity contribution in [1.82, 2.24) is 37.2 Å². The van der Waals surface area contributed by atoms with Gasteiger partial charge >= 0.3 is 5.97 Å². The Hall–Kier alpha value is -4.52. The Labute approximate surface area is 432 Å². The number of aliphatic carboxylic acids is 1. The number of carboxylic acid groups (broad SMARTS) is 1. The lowest BCUT2D eigenvalue weighted by molar-refractivity contribution is -0.141. The van der Waals surface area contributed by atoms with Gasteiger partial charge in [0.15, 0.2) is 12.2 Å². The van der Waals surface area contributed by atoms with Crippen molar-refractivity contribution in [2.24, 2.45) is 11.7 Å². The fraction of sp³-hybridized carbons (Fsp3) is 0.849. The number of ether oxygens (including phenoxy) is 2. The number of nitrogens with one attached hydrogen (secondary N) is 8. The molecule has 1 fully saturated rings. The molecular weight excluding hydrogens is 923 g/mol. The summed E-state index contributed by atoms with van der Waals surface area (Å²) in [4.78, 5) is 92.7. The van der Waals surface area contributed by atoms with E-state index < -0.39 is 84.8 Å². The number of unbranched alkanes of at least 4 members (excludes halogenated alkanes) is 22. The van der Waals surface area contributed by atoms with Gasteiger partial charge in [0.25, 0.3) is 0 Å². The van der Waals surface area contributed by atoms with Crippen LogP contribution >= 0.6 is 0 Å². The van der Waals surface area contributed by atoms with Gasteiger partial charge in [-0.25, -0.2) is 0 Å². The summed E-state index contributed by atoms with van der Waals surface area (Å²) >= 11 is 0. The molecule has 0 aliphatic carbocycles. The van der Waals surface area contributed by atoms with Crippen molar-refractivity contribution in [2.45, 2.75) is 251 Å². The number of guanidine groups is 1. The van der Waals surface area contributed by atoms with E-state index in [1.807, 2.05) is 0 Å². The van der Waals surface area contributed by atoms with Crippen LogP contribution in [0.1, 0.15) is 220 Å². The lowest BCUT2D eigenvalue weighted by Gasteiger charge is -2.27. The highest BCUT2D eigenvalue weighted by Gasteiger charge is 2.34. The number of carboxylic acids is 1. The van der Waals surface area contributed by atoms with Gasteiger partial charge in [0, 0.05) is 26.2 Å². The van der Waals surface area contributed by atoms with Crippen LogP contribution in [-0.2, 0) is 43.0 Å². The quantitative estimate of drug-likeness (QED) is 0.0136. The van der Waals surface area contributed by atoms with Gasteiger partial charge in [-0.05, 0) is 44.4 Å². The first-order valence-corrected chi connectivity index (χ1v) is 27.9. The number of rotatable bonds is 41. The van der Waals surface area contributed by atoms with E-state index >= 15 is 0 Å². The van der Waals surface area contributed by atoms with Gasteiger partial charge in [0.1, 0.15) is 24.2 Å². The van der Waals surface area contributed by atoms with Crippen LogP contribution in [0.4, 0.5) is 0 Å². The summed E-state index contributed by atoms with van der Waals surface area (Å²) < 4.78 is 12.2. The zero-order chi connectivity index (χ0) is 53.2. The molecule has 19 nitrogen and oxygen atoms in total. The molecule has 1 heterocycles. The van der Waals surface area contributed by atoms with Crippen molar-refractivity contribution in [3.05, 3.63) is 0 Å². The third-order valence-electron chi connectivity index (χ3n) is 12.9. The fourth-order valence-electron chi connectivity index (χ4n) is 8.56. The average Bonchev–Trinajstić information content (AvgIpc) is 3.33. The minimum atomic E-state index is -1.62. The molecule has 416 valence electrons. The predicted octanol–water partition coefficient (Wildman–Crippen LogP) is 6.50. The van der Waals surface area contributed by atoms with Gasteiger partial charge in [-0.2, -0.15) is 0 Å². The molecule has 1 saturated heterocycles. The Morgan fingerprint density at radius 1 is 0.625 bits per heavy atom. The van der Waals surface area contributed by atoms with Crippen LogP contribution in [0.3, 0.4) is 0 Å². The van der Waals surface area contributed by atoms with E-state index in [0.717, 1.165) is 38.5 Å². The van der Waals surface area contributed by atoms with E-state index in [-0.39, 0.29) is 57.1 Å². The van der Waals surface area contributed by atoms with E-state index in [1.54, 1.807) is 13.8 Å². The van der Waals surface area contributed by atoms with Crippen LogP contribution in [-0.4, -0.2) is 116 Å². The Morgan fingerprint density at radius 2 is 1.10 bits per heavy atom. The van der Waals surface area contributed by atoms with Crippen molar-refractivity contribution < 1.29 is 48.1 Å². The van der Waals surface area contributed by atoms with Gasteiger partial charge in [-0.1, -0.05) is 169 Å². The van der Waals surface area contributed by atoms with Gasteiger partial charge in [0.05, 0.1) is 19.6 Å². The van der Waals surface area contributed by atoms with Crippen molar-refractivity contribution in [2.75, 3.05) is 32.9 Å². The monoisotopic (exact) mass is 1020 g/mol. The summed E-state index contributed by atoms with van der Waals surface area (Å²) in [6, 6.07) is -5.31. The zero-order valence-corrected chi connectivity index (χ0v) is 44.9. The van der Waals surface area contributed by atoms with Crippen LogP contribution in [0.5, 0.6) is 0 Å². The van der Waals surface area contributed by atoms with E-state index in [0.29, 0.717) is 13.2 Å². The first-order chi connectivity index (χ1) is 34.7. The normalized spacial score (nSPS) is 18.5. The summed E-state index contributed by atoms with van der Waals surface area (Å²) in [5.41, 5.74) is 5.37. The Bertz CT molecular complexity index is 1540. The van der Waals surface area contributed by atoms with Gasteiger partial charge in [-0.3, -0.25) is 39.0 Å². The minimum absolute atomic E-state index is 0.0613. The van der Waals surface area contributed by atoms with Crippen LogP contribution in [0.2, 0.25) is 0 Å². The second-order valence-corrected chi connectivity index (χ2v) is 19.9. The average molecular weight is 1020 g/mol. The number of carbonyl (C=O) groups excluding carboxylic acids is 6. The lowest BCUT2D eigenvalue weighted by Crippen LogP contribution is -2.59. The van der Waals surface area contributed by atoms with E-state index in [9.17, 15) is 38.7 Å². The standard InChI is InChI=1S/C53H99N9O10/c1-5-7-9-11-13-15-17-19-21-23-25-27-35-71-39-46(72-36-28-26-24-22-20-18-16-14-12-10-8-6-2)61-44(63)33-29-31-42-50(68)62-48(40(3)4)52(70)60-41(32-30-34-56-53(54)55)49(67)57-38-45(64)58-43(37-47(65)66)51(69)59-42/h40-43,46,48H,5-39H2,1-4H3,(H,57,67)(H,58,64)(H,59,69)(H,60,70)(H,61,63)(H,62,68)(H,65,66)(H4,54,55,56)/t41-,42-,43-,46?,48?/m0/s1. The van der Waals surface area contributed by atoms with Crippen molar-refractivity contribution in [3.63, 3.8) is 0 Å². The van der Waals surface area contributed by atoms with Gasteiger partial charge < -0.3 is 57.5 Å². The predicted molar refractivity (Wildman–Crippen MR) is 282 cm³/mol. The van der Waals surface area contributed by atoms with Crippen LogP contribution in [0.15, 0.2) is 0 Å². The first-order valence-electron chi connectivity index (χ1n) is 27.9. The molecule has 1 aliphatic heterocycles. The van der Waals surface area contributed by atoms with E-state index in [4.69, 9.17) is 20.6 Å². The summed E-state index contributed by atoms with van der Waals surface area (Å²) in [6.45, 7) is 8.61. The minimum Gasteiger partial charge on any atom is -0.481 e. The third-order valence-corrected chi connectivity index (χ3v) is 12.9. The Kier molecular flexibility index (Phi) is 39.1. The Balaban J connectivity index is 2.99. The number of amides is 6. The molecule has 5 atom stereocenters. The van der Waals surface area contributed by atoms with Gasteiger partial charge in [0.2, 0.25) is 35.4 Å². The molecule has 2 unspecified atom stereocenters. The van der Waals surface area contributed by atoms with E-state index in [1.165, 1.54) is 116 Å². The molecule has 0 bridgehead atoms. The summed E-state index contributed by atoms with van der Waals surface area (Å²) in [6.07, 6.45) is 28.2. The smallest absolute Gasteiger partial charge is 0.305 e. The van der Waals surface area contributed by atoms with E-state index in [2.05, 4.69) is 51.1 Å². The molecule has 0 radical (unpaired) electrons. The maximum Gasteiger partial charge on any atom is 0.305 e. The van der Waals surface area contributed by atoms with Crippen LogP contribution in [0, 0.1) is 11.3 Å². The van der Waals surface area contributed by atoms with Crippen molar-refractivity contribution in [3.8, 4) is 0 Å². The molecule has 11 N–H and O–H groups in total. The molecule has 0 aromatic carbocycles. The molecule has 0 aromatic heterocycles. The number of nitrogens with two attached hydrogens (primary N) is 1. The van der Waals surface area contributed by atoms with Crippen LogP contribution < -0.4 is 43.0 Å². The summed E-state index contributed by atoms with van der Waals surface area (Å²) in [7, 11) is 0. The van der Waals surface area contributed by atoms with Crippen molar-refractivity contribution in [1.29, 1.82) is 5.41 Å². The summed E-state index contributed by atoms with van der Waals surface area (Å²) in [5, 5.41) is 35.2. The molecule has 19 heteroatoms. The highest BCUT2D eigenvalue weighted by atomic mass is 16.5. The molecule has 0 spiro atoms. The van der Waals surface area contributed by atoms with Gasteiger partial charge in [-0.15, -0.1) is 0 Å². The molecule has 1 rings (SSSR count). The third kappa shape index (κ3) is 34.8. The molecule has 0 saturated carbocycles.